The van der Waals surface area contributed by atoms with Gasteiger partial charge in [0, 0.05) is 12.5 Å². The number of aryl methyl sites for hydroxylation is 1. The number of hydrogen-bond donors (Lipinski definition) is 0. The number of ketones is 1. The minimum Gasteiger partial charge on any atom is -0.493 e. The summed E-state index contributed by atoms with van der Waals surface area (Å²) in [6.45, 7) is 4.85. The van der Waals surface area contributed by atoms with Crippen LogP contribution in [0.25, 0.3) is 0 Å². The normalized spacial score (nSPS) is 23.9. The fourth-order valence-corrected chi connectivity index (χ4v) is 2.72. The van der Waals surface area contributed by atoms with Crippen molar-refractivity contribution in [2.75, 3.05) is 7.11 Å². The fourth-order valence-electron chi connectivity index (χ4n) is 2.72. The standard InChI is InChI=1S/C13H20N2O2/c1-4-15-12(11(17-3)8-14-15)13(16)10-7-5-6-9(10)2/h8-10H,4-7H2,1-3H3. The van der Waals surface area contributed by atoms with E-state index in [4.69, 9.17) is 4.74 Å². The van der Waals surface area contributed by atoms with Gasteiger partial charge in [-0.05, 0) is 25.7 Å². The van der Waals surface area contributed by atoms with E-state index < -0.39 is 0 Å². The van der Waals surface area contributed by atoms with Crippen LogP contribution in [0.1, 0.15) is 43.6 Å². The van der Waals surface area contributed by atoms with Gasteiger partial charge >= 0.3 is 0 Å². The van der Waals surface area contributed by atoms with Gasteiger partial charge in [-0.1, -0.05) is 13.3 Å². The average Bonchev–Trinajstić information content (AvgIpc) is 2.93. The van der Waals surface area contributed by atoms with Crippen LogP contribution in [0.5, 0.6) is 5.75 Å². The highest BCUT2D eigenvalue weighted by Gasteiger charge is 2.33. The van der Waals surface area contributed by atoms with Gasteiger partial charge in [-0.25, -0.2) is 0 Å². The van der Waals surface area contributed by atoms with Crippen molar-refractivity contribution in [2.24, 2.45) is 11.8 Å². The third kappa shape index (κ3) is 2.08. The Morgan fingerprint density at radius 3 is 2.88 bits per heavy atom. The predicted octanol–water partition coefficient (Wildman–Crippen LogP) is 2.53. The Morgan fingerprint density at radius 2 is 2.35 bits per heavy atom. The van der Waals surface area contributed by atoms with E-state index in [0.717, 1.165) is 19.3 Å². The minimum atomic E-state index is 0.144. The van der Waals surface area contributed by atoms with E-state index in [2.05, 4.69) is 12.0 Å². The molecule has 1 saturated carbocycles. The van der Waals surface area contributed by atoms with Gasteiger partial charge in [0.2, 0.25) is 0 Å². The summed E-state index contributed by atoms with van der Waals surface area (Å²) in [5, 5.41) is 4.19. The number of carbonyl (C=O) groups is 1. The van der Waals surface area contributed by atoms with Gasteiger partial charge < -0.3 is 4.74 Å². The van der Waals surface area contributed by atoms with Crippen molar-refractivity contribution in [3.05, 3.63) is 11.9 Å². The smallest absolute Gasteiger partial charge is 0.188 e. The summed E-state index contributed by atoms with van der Waals surface area (Å²) in [6, 6.07) is 0. The summed E-state index contributed by atoms with van der Waals surface area (Å²) in [5.74, 6) is 1.43. The van der Waals surface area contributed by atoms with Crippen molar-refractivity contribution in [3.8, 4) is 5.75 Å². The highest BCUT2D eigenvalue weighted by Crippen LogP contribution is 2.35. The zero-order valence-electron chi connectivity index (χ0n) is 10.8. The molecule has 0 amide bonds. The molecule has 4 nitrogen and oxygen atoms in total. The number of carbonyl (C=O) groups excluding carboxylic acids is 1. The van der Waals surface area contributed by atoms with E-state index in [1.807, 2.05) is 6.92 Å². The molecule has 0 aliphatic heterocycles. The summed E-state index contributed by atoms with van der Waals surface area (Å²) in [5.41, 5.74) is 0.647. The summed E-state index contributed by atoms with van der Waals surface area (Å²) >= 11 is 0. The van der Waals surface area contributed by atoms with E-state index >= 15 is 0 Å². The summed E-state index contributed by atoms with van der Waals surface area (Å²) in [4.78, 5) is 12.5. The van der Waals surface area contributed by atoms with Crippen molar-refractivity contribution in [3.63, 3.8) is 0 Å². The molecule has 1 aromatic heterocycles. The lowest BCUT2D eigenvalue weighted by Crippen LogP contribution is -2.21. The van der Waals surface area contributed by atoms with Crippen LogP contribution in [-0.2, 0) is 6.54 Å². The number of methoxy groups -OCH3 is 1. The number of rotatable bonds is 4. The molecule has 0 bridgehead atoms. The highest BCUT2D eigenvalue weighted by molar-refractivity contribution is 5.99. The third-order valence-electron chi connectivity index (χ3n) is 3.76. The number of aromatic nitrogens is 2. The molecule has 1 aliphatic carbocycles. The van der Waals surface area contributed by atoms with Crippen molar-refractivity contribution >= 4 is 5.78 Å². The number of Topliss-reactive ketones (excluding diaryl/α,β-unsaturated/α-hetero) is 1. The van der Waals surface area contributed by atoms with Crippen LogP contribution < -0.4 is 4.74 Å². The molecule has 17 heavy (non-hydrogen) atoms. The molecule has 0 saturated heterocycles. The van der Waals surface area contributed by atoms with Crippen LogP contribution >= 0.6 is 0 Å². The quantitative estimate of drug-likeness (QED) is 0.754. The SMILES string of the molecule is CCn1ncc(OC)c1C(=O)C1CCCC1C. The lowest BCUT2D eigenvalue weighted by atomic mass is 9.91. The molecule has 1 aromatic rings. The van der Waals surface area contributed by atoms with Gasteiger partial charge in [-0.15, -0.1) is 0 Å². The topological polar surface area (TPSA) is 44.1 Å². The molecule has 0 aromatic carbocycles. The Bertz CT molecular complexity index is 390. The lowest BCUT2D eigenvalue weighted by Gasteiger charge is -2.15. The van der Waals surface area contributed by atoms with Crippen molar-refractivity contribution in [2.45, 2.75) is 39.7 Å². The van der Waals surface area contributed by atoms with Gasteiger partial charge in [-0.2, -0.15) is 5.10 Å². The summed E-state index contributed by atoms with van der Waals surface area (Å²) in [7, 11) is 1.59. The van der Waals surface area contributed by atoms with E-state index in [0.29, 0.717) is 23.9 Å². The molecule has 2 unspecified atom stereocenters. The highest BCUT2D eigenvalue weighted by atomic mass is 16.5. The molecule has 2 rings (SSSR count). The average molecular weight is 236 g/mol. The second kappa shape index (κ2) is 4.90. The molecule has 4 heteroatoms. The zero-order valence-corrected chi connectivity index (χ0v) is 10.8. The Labute approximate surface area is 102 Å². The van der Waals surface area contributed by atoms with Crippen LogP contribution in [0.15, 0.2) is 6.20 Å². The molecular weight excluding hydrogens is 216 g/mol. The van der Waals surface area contributed by atoms with Crippen LogP contribution in [0.2, 0.25) is 0 Å². The Morgan fingerprint density at radius 1 is 1.59 bits per heavy atom. The van der Waals surface area contributed by atoms with E-state index in [9.17, 15) is 4.79 Å². The molecule has 1 heterocycles. The first-order valence-electron chi connectivity index (χ1n) is 6.33. The molecule has 2 atom stereocenters. The Hall–Kier alpha value is -1.32. The minimum absolute atomic E-state index is 0.144. The Kier molecular flexibility index (Phi) is 3.50. The van der Waals surface area contributed by atoms with Crippen LogP contribution in [-0.4, -0.2) is 22.7 Å². The van der Waals surface area contributed by atoms with Gasteiger partial charge in [0.05, 0.1) is 13.3 Å². The largest absolute Gasteiger partial charge is 0.493 e. The first kappa shape index (κ1) is 12.1. The fraction of sp³-hybridized carbons (Fsp3) is 0.692. The summed E-state index contributed by atoms with van der Waals surface area (Å²) < 4.78 is 6.98. The molecule has 0 radical (unpaired) electrons. The van der Waals surface area contributed by atoms with E-state index in [-0.39, 0.29) is 11.7 Å². The predicted molar refractivity (Wildman–Crippen MR) is 65.3 cm³/mol. The molecule has 0 spiro atoms. The number of nitrogens with zero attached hydrogens (tertiary/aromatic N) is 2. The van der Waals surface area contributed by atoms with Gasteiger partial charge in [-0.3, -0.25) is 9.48 Å². The number of ether oxygens (including phenoxy) is 1. The molecule has 0 N–H and O–H groups in total. The van der Waals surface area contributed by atoms with Crippen LogP contribution in [0.3, 0.4) is 0 Å². The zero-order chi connectivity index (χ0) is 12.4. The lowest BCUT2D eigenvalue weighted by molar-refractivity contribution is 0.0882. The second-order valence-electron chi connectivity index (χ2n) is 4.76. The number of hydrogen-bond acceptors (Lipinski definition) is 3. The van der Waals surface area contributed by atoms with Crippen molar-refractivity contribution in [1.82, 2.24) is 9.78 Å². The Balaban J connectivity index is 2.32. The first-order valence-corrected chi connectivity index (χ1v) is 6.33. The van der Waals surface area contributed by atoms with Crippen LogP contribution in [0.4, 0.5) is 0 Å². The van der Waals surface area contributed by atoms with Crippen molar-refractivity contribution < 1.29 is 9.53 Å². The van der Waals surface area contributed by atoms with E-state index in [1.54, 1.807) is 18.0 Å². The second-order valence-corrected chi connectivity index (χ2v) is 4.76. The van der Waals surface area contributed by atoms with Gasteiger partial charge in [0.1, 0.15) is 5.69 Å². The third-order valence-corrected chi connectivity index (χ3v) is 3.76. The van der Waals surface area contributed by atoms with E-state index in [1.165, 1.54) is 0 Å². The molecular formula is C13H20N2O2. The monoisotopic (exact) mass is 236 g/mol. The molecule has 1 fully saturated rings. The van der Waals surface area contributed by atoms with Crippen LogP contribution in [0, 0.1) is 11.8 Å². The first-order chi connectivity index (χ1) is 8.19. The molecule has 1 aliphatic rings. The van der Waals surface area contributed by atoms with Crippen molar-refractivity contribution in [1.29, 1.82) is 0 Å². The maximum absolute atomic E-state index is 12.5. The maximum atomic E-state index is 12.5. The van der Waals surface area contributed by atoms with Gasteiger partial charge in [0.15, 0.2) is 11.5 Å². The maximum Gasteiger partial charge on any atom is 0.188 e. The van der Waals surface area contributed by atoms with Gasteiger partial charge in [0.25, 0.3) is 0 Å². The summed E-state index contributed by atoms with van der Waals surface area (Å²) in [6.07, 6.45) is 4.94. The molecule has 94 valence electrons.